The van der Waals surface area contributed by atoms with Crippen LogP contribution in [-0.4, -0.2) is 13.2 Å². The monoisotopic (exact) mass is 298 g/mol. The van der Waals surface area contributed by atoms with Crippen molar-refractivity contribution in [1.82, 2.24) is 0 Å². The molecule has 3 heteroatoms. The molecule has 0 saturated carbocycles. The number of hydrogen-bond donors (Lipinski definition) is 0. The van der Waals surface area contributed by atoms with E-state index in [-0.39, 0.29) is 5.41 Å². The molecule has 2 aliphatic heterocycles. The van der Waals surface area contributed by atoms with Gasteiger partial charge in [0, 0.05) is 26.3 Å². The lowest BCUT2D eigenvalue weighted by molar-refractivity contribution is -0.287. The molecule has 1 spiro atoms. The summed E-state index contributed by atoms with van der Waals surface area (Å²) in [6.45, 7) is 5.74. The predicted molar refractivity (Wildman–Crippen MR) is 83.5 cm³/mol. The average Bonchev–Trinajstić information content (AvgIpc) is 2.50. The smallest absolute Gasteiger partial charge is 0.224 e. The Hall–Kier alpha value is -1.29. The fraction of sp³-hybridized carbons (Fsp3) is 0.333. The molecule has 1 fully saturated rings. The van der Waals surface area contributed by atoms with Crippen LogP contribution in [0.5, 0.6) is 0 Å². The molecule has 2 heterocycles. The first kappa shape index (κ1) is 13.4. The van der Waals surface area contributed by atoms with Crippen LogP contribution in [0.4, 0.5) is 0 Å². The van der Waals surface area contributed by atoms with E-state index in [0.29, 0.717) is 13.2 Å². The minimum absolute atomic E-state index is 0.0553. The fourth-order valence-electron chi connectivity index (χ4n) is 2.91. The molecular formula is C18H18O2S. The average molecular weight is 298 g/mol. The number of fused-ring (bicyclic) bond motifs is 4. The van der Waals surface area contributed by atoms with Crippen molar-refractivity contribution in [3.05, 3.63) is 59.7 Å². The summed E-state index contributed by atoms with van der Waals surface area (Å²) >= 11 is 1.79. The standard InChI is InChI=1S/C18H18O2S/c1-17(2)11-19-18(20-12-17)13-7-3-5-9-15(13)21-16-10-6-4-8-14(16)18/h3-10H,11-12H2,1-2H3. The second-order valence-corrected chi connectivity index (χ2v) is 7.54. The highest BCUT2D eigenvalue weighted by molar-refractivity contribution is 7.99. The molecule has 2 nitrogen and oxygen atoms in total. The van der Waals surface area contributed by atoms with Gasteiger partial charge in [0.1, 0.15) is 0 Å². The lowest BCUT2D eigenvalue weighted by atomic mass is 9.90. The first-order chi connectivity index (χ1) is 10.1. The number of benzene rings is 2. The fourth-order valence-corrected chi connectivity index (χ4v) is 4.06. The Bertz CT molecular complexity index is 636. The zero-order valence-corrected chi connectivity index (χ0v) is 13.1. The number of ether oxygens (including phenoxy) is 2. The Kier molecular flexibility index (Phi) is 2.93. The first-order valence-corrected chi connectivity index (χ1v) is 8.07. The van der Waals surface area contributed by atoms with E-state index in [1.807, 2.05) is 0 Å². The maximum absolute atomic E-state index is 6.34. The van der Waals surface area contributed by atoms with Crippen LogP contribution in [-0.2, 0) is 15.3 Å². The second-order valence-electron chi connectivity index (χ2n) is 6.45. The van der Waals surface area contributed by atoms with Crippen molar-refractivity contribution in [3.63, 3.8) is 0 Å². The molecule has 0 amide bonds. The van der Waals surface area contributed by atoms with Crippen LogP contribution in [0.1, 0.15) is 25.0 Å². The van der Waals surface area contributed by atoms with Crippen molar-refractivity contribution >= 4 is 11.8 Å². The normalized spacial score (nSPS) is 21.6. The summed E-state index contributed by atoms with van der Waals surface area (Å²) < 4.78 is 12.7. The van der Waals surface area contributed by atoms with Gasteiger partial charge in [-0.25, -0.2) is 0 Å². The second kappa shape index (κ2) is 4.60. The molecule has 0 N–H and O–H groups in total. The molecule has 0 atom stereocenters. The highest BCUT2D eigenvalue weighted by Crippen LogP contribution is 2.52. The molecule has 0 unspecified atom stereocenters. The Morgan fingerprint density at radius 3 is 1.81 bits per heavy atom. The maximum Gasteiger partial charge on any atom is 0.224 e. The summed E-state index contributed by atoms with van der Waals surface area (Å²) in [7, 11) is 0. The van der Waals surface area contributed by atoms with Crippen LogP contribution in [0, 0.1) is 5.41 Å². The molecule has 0 aliphatic carbocycles. The van der Waals surface area contributed by atoms with E-state index in [4.69, 9.17) is 9.47 Å². The molecular weight excluding hydrogens is 280 g/mol. The topological polar surface area (TPSA) is 18.5 Å². The van der Waals surface area contributed by atoms with Gasteiger partial charge in [-0.05, 0) is 12.1 Å². The Morgan fingerprint density at radius 2 is 1.29 bits per heavy atom. The molecule has 2 aliphatic rings. The largest absolute Gasteiger partial charge is 0.341 e. The molecule has 2 aromatic rings. The van der Waals surface area contributed by atoms with E-state index in [0.717, 1.165) is 11.1 Å². The summed E-state index contributed by atoms with van der Waals surface area (Å²) in [6, 6.07) is 16.8. The third kappa shape index (κ3) is 2.03. The van der Waals surface area contributed by atoms with Crippen LogP contribution in [0.15, 0.2) is 58.3 Å². The van der Waals surface area contributed by atoms with Gasteiger partial charge < -0.3 is 9.47 Å². The summed E-state index contributed by atoms with van der Waals surface area (Å²) in [4.78, 5) is 2.44. The van der Waals surface area contributed by atoms with Gasteiger partial charge in [-0.15, -0.1) is 0 Å². The van der Waals surface area contributed by atoms with Gasteiger partial charge in [0.05, 0.1) is 13.2 Å². The Morgan fingerprint density at radius 1 is 0.810 bits per heavy atom. The Labute approximate surface area is 129 Å². The van der Waals surface area contributed by atoms with Crippen molar-refractivity contribution in [2.24, 2.45) is 5.41 Å². The van der Waals surface area contributed by atoms with Crippen molar-refractivity contribution in [2.45, 2.75) is 29.4 Å². The summed E-state index contributed by atoms with van der Waals surface area (Å²) in [5.74, 6) is -0.742. The van der Waals surface area contributed by atoms with Crippen LogP contribution < -0.4 is 0 Å². The van der Waals surface area contributed by atoms with Crippen LogP contribution in [0.3, 0.4) is 0 Å². The maximum atomic E-state index is 6.34. The van der Waals surface area contributed by atoms with E-state index in [2.05, 4.69) is 62.4 Å². The van der Waals surface area contributed by atoms with E-state index < -0.39 is 5.79 Å². The number of rotatable bonds is 0. The van der Waals surface area contributed by atoms with Crippen LogP contribution in [0.2, 0.25) is 0 Å². The van der Waals surface area contributed by atoms with E-state index in [1.165, 1.54) is 9.79 Å². The van der Waals surface area contributed by atoms with Crippen molar-refractivity contribution in [1.29, 1.82) is 0 Å². The predicted octanol–water partition coefficient (Wildman–Crippen LogP) is 4.43. The van der Waals surface area contributed by atoms with E-state index in [1.54, 1.807) is 11.8 Å². The van der Waals surface area contributed by atoms with Crippen LogP contribution in [0.25, 0.3) is 0 Å². The zero-order valence-electron chi connectivity index (χ0n) is 12.3. The minimum atomic E-state index is -0.742. The van der Waals surface area contributed by atoms with Gasteiger partial charge in [0.2, 0.25) is 5.79 Å². The third-order valence-corrected chi connectivity index (χ3v) is 5.19. The van der Waals surface area contributed by atoms with E-state index >= 15 is 0 Å². The van der Waals surface area contributed by atoms with Gasteiger partial charge >= 0.3 is 0 Å². The van der Waals surface area contributed by atoms with Gasteiger partial charge in [-0.1, -0.05) is 62.0 Å². The van der Waals surface area contributed by atoms with Gasteiger partial charge in [-0.2, -0.15) is 0 Å². The molecule has 0 bridgehead atoms. The van der Waals surface area contributed by atoms with Crippen molar-refractivity contribution in [2.75, 3.05) is 13.2 Å². The van der Waals surface area contributed by atoms with Crippen LogP contribution >= 0.6 is 11.8 Å². The highest BCUT2D eigenvalue weighted by Gasteiger charge is 2.48. The lowest BCUT2D eigenvalue weighted by Gasteiger charge is -2.46. The molecule has 0 aromatic heterocycles. The summed E-state index contributed by atoms with van der Waals surface area (Å²) in [5.41, 5.74) is 2.31. The third-order valence-electron chi connectivity index (χ3n) is 4.04. The Balaban J connectivity index is 1.90. The first-order valence-electron chi connectivity index (χ1n) is 7.26. The van der Waals surface area contributed by atoms with E-state index in [9.17, 15) is 0 Å². The SMILES string of the molecule is CC1(C)COC2(OC1)c1ccccc1Sc1ccccc12. The molecule has 1 saturated heterocycles. The zero-order chi connectivity index (χ0) is 14.5. The van der Waals surface area contributed by atoms with Crippen molar-refractivity contribution < 1.29 is 9.47 Å². The highest BCUT2D eigenvalue weighted by atomic mass is 32.2. The lowest BCUT2D eigenvalue weighted by Crippen LogP contribution is -2.47. The molecule has 4 rings (SSSR count). The summed E-state index contributed by atoms with van der Waals surface area (Å²) in [5, 5.41) is 0. The molecule has 21 heavy (non-hydrogen) atoms. The molecule has 2 aromatic carbocycles. The van der Waals surface area contributed by atoms with Gasteiger partial charge in [0.25, 0.3) is 0 Å². The number of hydrogen-bond acceptors (Lipinski definition) is 3. The summed E-state index contributed by atoms with van der Waals surface area (Å²) in [6.07, 6.45) is 0. The minimum Gasteiger partial charge on any atom is -0.341 e. The molecule has 0 radical (unpaired) electrons. The van der Waals surface area contributed by atoms with Gasteiger partial charge in [-0.3, -0.25) is 0 Å². The van der Waals surface area contributed by atoms with Gasteiger partial charge in [0.15, 0.2) is 0 Å². The quantitative estimate of drug-likeness (QED) is 0.717. The molecule has 108 valence electrons. The van der Waals surface area contributed by atoms with Crippen molar-refractivity contribution in [3.8, 4) is 0 Å².